The topological polar surface area (TPSA) is 39.7 Å². The van der Waals surface area contributed by atoms with Crippen LogP contribution in [0.25, 0.3) is 0 Å². The number of carbonyl (C=O) groups excluding carboxylic acids is 1. The van der Waals surface area contributed by atoms with E-state index in [9.17, 15) is 4.79 Å². The number of nitrogens with zero attached hydrogens (tertiary/aromatic N) is 4. The van der Waals surface area contributed by atoms with Crippen LogP contribution >= 0.6 is 11.6 Å². The minimum absolute atomic E-state index is 0.174. The van der Waals surface area contributed by atoms with E-state index in [0.29, 0.717) is 5.02 Å². The van der Waals surface area contributed by atoms with E-state index in [-0.39, 0.29) is 5.91 Å². The summed E-state index contributed by atoms with van der Waals surface area (Å²) < 4.78 is 0. The Morgan fingerprint density at radius 3 is 2.43 bits per heavy atom. The Kier molecular flexibility index (Phi) is 4.74. The molecule has 21 heavy (non-hydrogen) atoms. The van der Waals surface area contributed by atoms with Crippen molar-refractivity contribution in [1.82, 2.24) is 14.8 Å². The van der Waals surface area contributed by atoms with Crippen molar-refractivity contribution in [2.45, 2.75) is 19.4 Å². The zero-order valence-electron chi connectivity index (χ0n) is 13.1. The second-order valence-electron chi connectivity index (χ2n) is 6.06. The van der Waals surface area contributed by atoms with Crippen molar-refractivity contribution in [3.8, 4) is 0 Å². The van der Waals surface area contributed by atoms with Crippen molar-refractivity contribution in [2.24, 2.45) is 0 Å². The number of aromatic nitrogens is 1. The van der Waals surface area contributed by atoms with Gasteiger partial charge in [-0.2, -0.15) is 0 Å². The molecule has 0 unspecified atom stereocenters. The van der Waals surface area contributed by atoms with Gasteiger partial charge >= 0.3 is 0 Å². The van der Waals surface area contributed by atoms with Crippen LogP contribution in [0.2, 0.25) is 5.02 Å². The zero-order chi connectivity index (χ0) is 15.6. The highest BCUT2D eigenvalue weighted by Gasteiger charge is 2.35. The van der Waals surface area contributed by atoms with E-state index in [1.54, 1.807) is 12.4 Å². The molecule has 6 heteroatoms. The summed E-state index contributed by atoms with van der Waals surface area (Å²) in [5.74, 6) is 0.174. The molecule has 1 aromatic heterocycles. The average molecular weight is 311 g/mol. The highest BCUT2D eigenvalue weighted by atomic mass is 35.5. The van der Waals surface area contributed by atoms with Gasteiger partial charge in [-0.15, -0.1) is 0 Å². The highest BCUT2D eigenvalue weighted by molar-refractivity contribution is 6.33. The van der Waals surface area contributed by atoms with Gasteiger partial charge in [0.25, 0.3) is 0 Å². The first-order valence-corrected chi connectivity index (χ1v) is 7.53. The van der Waals surface area contributed by atoms with Crippen LogP contribution in [0.1, 0.15) is 13.8 Å². The smallest absolute Gasteiger partial charge is 0.242 e. The molecule has 0 bridgehead atoms. The third-order valence-corrected chi connectivity index (χ3v) is 4.59. The van der Waals surface area contributed by atoms with Crippen LogP contribution < -0.4 is 4.90 Å². The van der Waals surface area contributed by atoms with Gasteiger partial charge in [0.1, 0.15) is 0 Å². The molecule has 1 fully saturated rings. The maximum Gasteiger partial charge on any atom is 0.242 e. The number of likely N-dealkylation sites (N-methyl/N-ethyl adjacent to an activating group) is 1. The zero-order valence-corrected chi connectivity index (χ0v) is 13.9. The minimum Gasteiger partial charge on any atom is -0.367 e. The van der Waals surface area contributed by atoms with Crippen molar-refractivity contribution < 1.29 is 4.79 Å². The molecule has 1 aliphatic heterocycles. The molecule has 0 saturated carbocycles. The first-order valence-electron chi connectivity index (χ1n) is 7.15. The molecule has 0 radical (unpaired) electrons. The number of hydrogen-bond donors (Lipinski definition) is 0. The third-order valence-electron chi connectivity index (χ3n) is 4.30. The van der Waals surface area contributed by atoms with E-state index in [0.717, 1.165) is 31.9 Å². The van der Waals surface area contributed by atoms with Crippen molar-refractivity contribution in [1.29, 1.82) is 0 Å². The standard InChI is InChI=1S/C15H23ClN4O/c1-15(2,18(3)4)14(21)20-9-7-19(8-10-20)13-5-6-17-11-12(13)16/h5-6,11H,7-10H2,1-4H3. The summed E-state index contributed by atoms with van der Waals surface area (Å²) in [4.78, 5) is 22.7. The summed E-state index contributed by atoms with van der Waals surface area (Å²) in [7, 11) is 3.87. The fourth-order valence-electron chi connectivity index (χ4n) is 2.35. The lowest BCUT2D eigenvalue weighted by atomic mass is 10.0. The monoisotopic (exact) mass is 310 g/mol. The number of amides is 1. The van der Waals surface area contributed by atoms with Crippen LogP contribution in [-0.4, -0.2) is 66.5 Å². The Morgan fingerprint density at radius 2 is 1.90 bits per heavy atom. The first kappa shape index (κ1) is 16.0. The van der Waals surface area contributed by atoms with Gasteiger partial charge in [0.2, 0.25) is 5.91 Å². The summed E-state index contributed by atoms with van der Waals surface area (Å²) in [6.07, 6.45) is 3.40. The molecule has 0 aliphatic carbocycles. The van der Waals surface area contributed by atoms with Gasteiger partial charge in [0, 0.05) is 38.6 Å². The SMILES string of the molecule is CN(C)C(C)(C)C(=O)N1CCN(c2ccncc2Cl)CC1. The lowest BCUT2D eigenvalue weighted by molar-refractivity contribution is -0.141. The third kappa shape index (κ3) is 3.30. The predicted molar refractivity (Wildman–Crippen MR) is 85.8 cm³/mol. The molecule has 5 nitrogen and oxygen atoms in total. The second kappa shape index (κ2) is 6.20. The molecule has 1 saturated heterocycles. The molecule has 0 aromatic carbocycles. The van der Waals surface area contributed by atoms with Gasteiger partial charge in [-0.05, 0) is 34.0 Å². The number of anilines is 1. The lowest BCUT2D eigenvalue weighted by Crippen LogP contribution is -2.58. The number of rotatable bonds is 3. The van der Waals surface area contributed by atoms with Crippen molar-refractivity contribution in [3.63, 3.8) is 0 Å². The first-order chi connectivity index (χ1) is 9.84. The lowest BCUT2D eigenvalue weighted by Gasteiger charge is -2.41. The summed E-state index contributed by atoms with van der Waals surface area (Å²) in [5.41, 5.74) is 0.516. The molecule has 2 heterocycles. The van der Waals surface area contributed by atoms with Crippen LogP contribution in [-0.2, 0) is 4.79 Å². The van der Waals surface area contributed by atoms with Crippen LogP contribution in [0, 0.1) is 0 Å². The normalized spacial score (nSPS) is 16.5. The molecule has 1 aliphatic rings. The molecule has 116 valence electrons. The Labute approximate surface area is 131 Å². The van der Waals surface area contributed by atoms with E-state index >= 15 is 0 Å². The van der Waals surface area contributed by atoms with Gasteiger partial charge in [0.15, 0.2) is 0 Å². The summed E-state index contributed by atoms with van der Waals surface area (Å²) in [6.45, 7) is 6.93. The Hall–Kier alpha value is -1.33. The highest BCUT2D eigenvalue weighted by Crippen LogP contribution is 2.25. The van der Waals surface area contributed by atoms with Gasteiger partial charge < -0.3 is 9.80 Å². The van der Waals surface area contributed by atoms with Crippen LogP contribution in [0.3, 0.4) is 0 Å². The van der Waals surface area contributed by atoms with Gasteiger partial charge in [-0.25, -0.2) is 0 Å². The van der Waals surface area contributed by atoms with E-state index in [1.807, 2.05) is 43.8 Å². The predicted octanol–water partition coefficient (Wildman–Crippen LogP) is 1.72. The van der Waals surface area contributed by atoms with Crippen LogP contribution in [0.15, 0.2) is 18.5 Å². The second-order valence-corrected chi connectivity index (χ2v) is 6.47. The molecule has 0 atom stereocenters. The molecule has 1 aromatic rings. The van der Waals surface area contributed by atoms with Crippen molar-refractivity contribution in [2.75, 3.05) is 45.2 Å². The summed E-state index contributed by atoms with van der Waals surface area (Å²) >= 11 is 6.18. The van der Waals surface area contributed by atoms with Crippen molar-refractivity contribution in [3.05, 3.63) is 23.5 Å². The van der Waals surface area contributed by atoms with Crippen molar-refractivity contribution >= 4 is 23.2 Å². The number of halogens is 1. The minimum atomic E-state index is -0.476. The molecule has 2 rings (SSSR count). The molecule has 0 spiro atoms. The number of pyridine rings is 1. The quantitative estimate of drug-likeness (QED) is 0.852. The molecule has 0 N–H and O–H groups in total. The Balaban J connectivity index is 2.01. The molecule has 1 amide bonds. The molecular formula is C15H23ClN4O. The van der Waals surface area contributed by atoms with Crippen LogP contribution in [0.4, 0.5) is 5.69 Å². The largest absolute Gasteiger partial charge is 0.367 e. The van der Waals surface area contributed by atoms with E-state index in [1.165, 1.54) is 0 Å². The van der Waals surface area contributed by atoms with Gasteiger partial charge in [-0.3, -0.25) is 14.7 Å². The van der Waals surface area contributed by atoms with E-state index in [2.05, 4.69) is 9.88 Å². The van der Waals surface area contributed by atoms with Gasteiger partial charge in [-0.1, -0.05) is 11.6 Å². The summed E-state index contributed by atoms with van der Waals surface area (Å²) in [6, 6.07) is 1.92. The molecular weight excluding hydrogens is 288 g/mol. The Morgan fingerprint density at radius 1 is 1.29 bits per heavy atom. The van der Waals surface area contributed by atoms with E-state index < -0.39 is 5.54 Å². The van der Waals surface area contributed by atoms with Crippen LogP contribution in [0.5, 0.6) is 0 Å². The maximum atomic E-state index is 12.6. The average Bonchev–Trinajstić information content (AvgIpc) is 2.47. The number of piperazine rings is 1. The maximum absolute atomic E-state index is 12.6. The fourth-order valence-corrected chi connectivity index (χ4v) is 2.59. The number of carbonyl (C=O) groups is 1. The fraction of sp³-hybridized carbons (Fsp3) is 0.600. The number of hydrogen-bond acceptors (Lipinski definition) is 4. The van der Waals surface area contributed by atoms with E-state index in [4.69, 9.17) is 11.6 Å². The summed E-state index contributed by atoms with van der Waals surface area (Å²) in [5, 5.41) is 0.658. The van der Waals surface area contributed by atoms with Gasteiger partial charge in [0.05, 0.1) is 16.2 Å². The Bertz CT molecular complexity index is 510.